The maximum atomic E-state index is 11.6. The van der Waals surface area contributed by atoms with Gasteiger partial charge in [0, 0.05) is 23.6 Å². The highest BCUT2D eigenvalue weighted by molar-refractivity contribution is 7.19. The molecule has 2 heterocycles. The Morgan fingerprint density at radius 1 is 1.10 bits per heavy atom. The lowest BCUT2D eigenvalue weighted by molar-refractivity contribution is 0.0997. The Kier molecular flexibility index (Phi) is 3.61. The first-order valence-electron chi connectivity index (χ1n) is 6.27. The molecule has 0 aliphatic heterocycles. The molecule has 0 aliphatic rings. The largest absolute Gasteiger partial charge is 0.364 e. The van der Waals surface area contributed by atoms with E-state index in [1.54, 1.807) is 12.4 Å². The van der Waals surface area contributed by atoms with Crippen LogP contribution >= 0.6 is 11.3 Å². The van der Waals surface area contributed by atoms with Crippen LogP contribution in [0.25, 0.3) is 10.6 Å². The van der Waals surface area contributed by atoms with Crippen LogP contribution in [0, 0.1) is 0 Å². The number of rotatable bonds is 4. The van der Waals surface area contributed by atoms with E-state index in [-0.39, 0.29) is 5.69 Å². The molecule has 2 aromatic heterocycles. The van der Waals surface area contributed by atoms with Crippen LogP contribution in [0.15, 0.2) is 54.9 Å². The second-order valence-corrected chi connectivity index (χ2v) is 5.29. The standard InChI is InChI=1S/C15H12N4OS/c16-13(20)12-15(18-11-4-2-1-3-5-11)21-14(19-12)10-6-8-17-9-7-10/h1-9,18H,(H2,16,20). The number of carbonyl (C=O) groups is 1. The van der Waals surface area contributed by atoms with Gasteiger partial charge >= 0.3 is 0 Å². The van der Waals surface area contributed by atoms with Crippen molar-refractivity contribution in [2.75, 3.05) is 5.32 Å². The zero-order valence-electron chi connectivity index (χ0n) is 11.0. The summed E-state index contributed by atoms with van der Waals surface area (Å²) in [4.78, 5) is 19.9. The van der Waals surface area contributed by atoms with Gasteiger partial charge in [-0.2, -0.15) is 0 Å². The summed E-state index contributed by atoms with van der Waals surface area (Å²) in [6.07, 6.45) is 3.37. The lowest BCUT2D eigenvalue weighted by Gasteiger charge is -2.03. The molecule has 0 fully saturated rings. The van der Waals surface area contributed by atoms with Crippen LogP contribution in [0.5, 0.6) is 0 Å². The van der Waals surface area contributed by atoms with Crippen molar-refractivity contribution in [2.45, 2.75) is 0 Å². The lowest BCUT2D eigenvalue weighted by Crippen LogP contribution is -2.13. The summed E-state index contributed by atoms with van der Waals surface area (Å²) < 4.78 is 0. The van der Waals surface area contributed by atoms with Gasteiger partial charge in [0.1, 0.15) is 10.0 Å². The zero-order chi connectivity index (χ0) is 14.7. The number of para-hydroxylation sites is 1. The molecule has 21 heavy (non-hydrogen) atoms. The number of nitrogens with two attached hydrogens (primary N) is 1. The van der Waals surface area contributed by atoms with Crippen molar-refractivity contribution in [3.8, 4) is 10.6 Å². The molecule has 3 N–H and O–H groups in total. The Labute approximate surface area is 125 Å². The number of primary amides is 1. The van der Waals surface area contributed by atoms with E-state index in [0.717, 1.165) is 16.3 Å². The SMILES string of the molecule is NC(=O)c1nc(-c2ccncc2)sc1Nc1ccccc1. The fraction of sp³-hybridized carbons (Fsp3) is 0. The summed E-state index contributed by atoms with van der Waals surface area (Å²) in [7, 11) is 0. The van der Waals surface area contributed by atoms with Gasteiger partial charge in [-0.1, -0.05) is 29.5 Å². The lowest BCUT2D eigenvalue weighted by atomic mass is 10.3. The van der Waals surface area contributed by atoms with Crippen LogP contribution < -0.4 is 11.1 Å². The first-order chi connectivity index (χ1) is 10.2. The fourth-order valence-corrected chi connectivity index (χ4v) is 2.84. The maximum absolute atomic E-state index is 11.6. The van der Waals surface area contributed by atoms with Crippen molar-refractivity contribution in [3.05, 3.63) is 60.6 Å². The van der Waals surface area contributed by atoms with Gasteiger partial charge in [-0.05, 0) is 24.3 Å². The van der Waals surface area contributed by atoms with Crippen molar-refractivity contribution in [2.24, 2.45) is 5.73 Å². The van der Waals surface area contributed by atoms with Crippen LogP contribution in [-0.4, -0.2) is 15.9 Å². The summed E-state index contributed by atoms with van der Waals surface area (Å²) in [5.74, 6) is -0.551. The van der Waals surface area contributed by atoms with E-state index >= 15 is 0 Å². The van der Waals surface area contributed by atoms with E-state index in [2.05, 4.69) is 15.3 Å². The quantitative estimate of drug-likeness (QED) is 0.775. The van der Waals surface area contributed by atoms with Gasteiger partial charge in [0.05, 0.1) is 0 Å². The number of benzene rings is 1. The minimum atomic E-state index is -0.551. The third-order valence-corrected chi connectivity index (χ3v) is 3.84. The van der Waals surface area contributed by atoms with Gasteiger partial charge < -0.3 is 11.1 Å². The number of nitrogens with zero attached hydrogens (tertiary/aromatic N) is 2. The molecule has 0 atom stereocenters. The molecular weight excluding hydrogens is 284 g/mol. The summed E-state index contributed by atoms with van der Waals surface area (Å²) in [5, 5.41) is 4.55. The molecule has 1 amide bonds. The van der Waals surface area contributed by atoms with Gasteiger partial charge in [-0.15, -0.1) is 0 Å². The first-order valence-corrected chi connectivity index (χ1v) is 7.09. The molecule has 0 spiro atoms. The summed E-state index contributed by atoms with van der Waals surface area (Å²) in [6, 6.07) is 13.3. The molecule has 0 unspecified atom stereocenters. The highest BCUT2D eigenvalue weighted by Crippen LogP contribution is 2.33. The fourth-order valence-electron chi connectivity index (χ4n) is 1.84. The smallest absolute Gasteiger partial charge is 0.270 e. The van der Waals surface area contributed by atoms with Gasteiger partial charge in [0.15, 0.2) is 5.69 Å². The second kappa shape index (κ2) is 5.72. The van der Waals surface area contributed by atoms with E-state index in [1.807, 2.05) is 42.5 Å². The average molecular weight is 296 g/mol. The summed E-state index contributed by atoms with van der Waals surface area (Å²) >= 11 is 1.38. The van der Waals surface area contributed by atoms with Crippen LogP contribution in [0.3, 0.4) is 0 Å². The predicted molar refractivity (Wildman–Crippen MR) is 83.6 cm³/mol. The highest BCUT2D eigenvalue weighted by Gasteiger charge is 2.17. The number of hydrogen-bond donors (Lipinski definition) is 2. The summed E-state index contributed by atoms with van der Waals surface area (Å²) in [6.45, 7) is 0. The van der Waals surface area contributed by atoms with Crippen molar-refractivity contribution < 1.29 is 4.79 Å². The molecule has 0 radical (unpaired) electrons. The molecule has 1 aromatic carbocycles. The van der Waals surface area contributed by atoms with Crippen molar-refractivity contribution in [3.63, 3.8) is 0 Å². The molecule has 0 saturated carbocycles. The van der Waals surface area contributed by atoms with Gasteiger partial charge in [-0.25, -0.2) is 4.98 Å². The Hall–Kier alpha value is -2.73. The third-order valence-electron chi connectivity index (χ3n) is 2.82. The first kappa shape index (κ1) is 13.3. The normalized spacial score (nSPS) is 10.3. The number of nitrogens with one attached hydrogen (secondary N) is 1. The topological polar surface area (TPSA) is 80.9 Å². The minimum absolute atomic E-state index is 0.246. The van der Waals surface area contributed by atoms with Crippen molar-refractivity contribution in [1.82, 2.24) is 9.97 Å². The number of pyridine rings is 1. The van der Waals surface area contributed by atoms with Crippen LogP contribution in [0.4, 0.5) is 10.7 Å². The number of amides is 1. The van der Waals surface area contributed by atoms with Gasteiger partial charge in [0.2, 0.25) is 0 Å². The molecule has 5 nitrogen and oxygen atoms in total. The monoisotopic (exact) mass is 296 g/mol. The minimum Gasteiger partial charge on any atom is -0.364 e. The number of carbonyl (C=O) groups excluding carboxylic acids is 1. The molecule has 104 valence electrons. The average Bonchev–Trinajstić information content (AvgIpc) is 2.93. The zero-order valence-corrected chi connectivity index (χ0v) is 11.8. The van der Waals surface area contributed by atoms with E-state index in [4.69, 9.17) is 5.73 Å². The van der Waals surface area contributed by atoms with Crippen LogP contribution in [0.1, 0.15) is 10.5 Å². The molecule has 0 aliphatic carbocycles. The van der Waals surface area contributed by atoms with Crippen molar-refractivity contribution in [1.29, 1.82) is 0 Å². The number of hydrogen-bond acceptors (Lipinski definition) is 5. The van der Waals surface area contributed by atoms with Gasteiger partial charge in [-0.3, -0.25) is 9.78 Å². The van der Waals surface area contributed by atoms with Gasteiger partial charge in [0.25, 0.3) is 5.91 Å². The number of aromatic nitrogens is 2. The Balaban J connectivity index is 2.00. The highest BCUT2D eigenvalue weighted by atomic mass is 32.1. The van der Waals surface area contributed by atoms with E-state index in [9.17, 15) is 4.79 Å². The van der Waals surface area contributed by atoms with E-state index in [1.165, 1.54) is 11.3 Å². The Morgan fingerprint density at radius 3 is 2.48 bits per heavy atom. The van der Waals surface area contributed by atoms with Crippen molar-refractivity contribution >= 4 is 27.9 Å². The maximum Gasteiger partial charge on any atom is 0.270 e. The van der Waals surface area contributed by atoms with Crippen LogP contribution in [-0.2, 0) is 0 Å². The molecule has 0 bridgehead atoms. The Morgan fingerprint density at radius 2 is 1.81 bits per heavy atom. The molecule has 3 rings (SSSR count). The van der Waals surface area contributed by atoms with E-state index in [0.29, 0.717) is 5.00 Å². The number of thiazole rings is 1. The molecular formula is C15H12N4OS. The predicted octanol–water partition coefficient (Wildman–Crippen LogP) is 3.05. The second-order valence-electron chi connectivity index (χ2n) is 4.29. The van der Waals surface area contributed by atoms with E-state index < -0.39 is 5.91 Å². The molecule has 3 aromatic rings. The van der Waals surface area contributed by atoms with Crippen LogP contribution in [0.2, 0.25) is 0 Å². The molecule has 6 heteroatoms. The molecule has 0 saturated heterocycles. The number of anilines is 2. The Bertz CT molecular complexity index is 756. The summed E-state index contributed by atoms with van der Waals surface area (Å²) in [5.41, 5.74) is 7.44. The third kappa shape index (κ3) is 2.90.